The van der Waals surface area contributed by atoms with Crippen LogP contribution in [-0.2, 0) is 4.74 Å². The van der Waals surface area contributed by atoms with Crippen LogP contribution in [0.4, 0.5) is 5.82 Å². The molecule has 0 aliphatic carbocycles. The van der Waals surface area contributed by atoms with Gasteiger partial charge in [-0.15, -0.1) is 0 Å². The second-order valence-corrected chi connectivity index (χ2v) is 4.01. The fourth-order valence-electron chi connectivity index (χ4n) is 1.29. The molecule has 1 heterocycles. The van der Waals surface area contributed by atoms with Crippen LogP contribution in [0.15, 0.2) is 18.3 Å². The first-order valence-corrected chi connectivity index (χ1v) is 5.50. The molecular weight excluding hydrogens is 220 g/mol. The van der Waals surface area contributed by atoms with Gasteiger partial charge in [-0.25, -0.2) is 9.78 Å². The minimum absolute atomic E-state index is 0.0698. The number of aromatic nitrogens is 1. The lowest BCUT2D eigenvalue weighted by atomic mass is 10.1. The van der Waals surface area contributed by atoms with Crippen molar-refractivity contribution in [2.24, 2.45) is 5.92 Å². The van der Waals surface area contributed by atoms with Gasteiger partial charge in [0.05, 0.1) is 12.7 Å². The number of esters is 1. The molecule has 2 N–H and O–H groups in total. The minimum Gasteiger partial charge on any atom is -0.465 e. The summed E-state index contributed by atoms with van der Waals surface area (Å²) in [6, 6.07) is 3.30. The molecule has 94 valence electrons. The van der Waals surface area contributed by atoms with Gasteiger partial charge in [0.2, 0.25) is 0 Å². The number of methoxy groups -OCH3 is 1. The second-order valence-electron chi connectivity index (χ2n) is 4.01. The van der Waals surface area contributed by atoms with Crippen LogP contribution >= 0.6 is 0 Å². The van der Waals surface area contributed by atoms with E-state index in [9.17, 15) is 4.79 Å². The molecular formula is C12H18N2O3. The lowest BCUT2D eigenvalue weighted by molar-refractivity contribution is 0.0600. The Morgan fingerprint density at radius 2 is 2.29 bits per heavy atom. The highest BCUT2D eigenvalue weighted by atomic mass is 16.5. The number of rotatable bonds is 5. The molecule has 0 amide bonds. The van der Waals surface area contributed by atoms with Crippen molar-refractivity contribution in [3.63, 3.8) is 0 Å². The minimum atomic E-state index is -0.390. The third kappa shape index (κ3) is 3.71. The first-order valence-electron chi connectivity index (χ1n) is 5.50. The molecule has 0 aliphatic rings. The lowest BCUT2D eigenvalue weighted by Crippen LogP contribution is -2.26. The molecule has 0 spiro atoms. The topological polar surface area (TPSA) is 71.5 Å². The zero-order valence-corrected chi connectivity index (χ0v) is 10.3. The van der Waals surface area contributed by atoms with E-state index in [-0.39, 0.29) is 18.6 Å². The van der Waals surface area contributed by atoms with E-state index in [1.807, 2.05) is 13.8 Å². The highest BCUT2D eigenvalue weighted by Gasteiger charge is 2.12. The molecule has 1 aromatic heterocycles. The van der Waals surface area contributed by atoms with Crippen molar-refractivity contribution in [3.8, 4) is 0 Å². The Morgan fingerprint density at radius 1 is 1.59 bits per heavy atom. The zero-order valence-electron chi connectivity index (χ0n) is 10.3. The number of hydrogen-bond acceptors (Lipinski definition) is 5. The first kappa shape index (κ1) is 13.4. The Morgan fingerprint density at radius 3 is 2.88 bits per heavy atom. The largest absolute Gasteiger partial charge is 0.465 e. The van der Waals surface area contributed by atoms with E-state index in [4.69, 9.17) is 5.11 Å². The van der Waals surface area contributed by atoms with Gasteiger partial charge in [-0.05, 0) is 25.0 Å². The summed E-state index contributed by atoms with van der Waals surface area (Å²) in [4.78, 5) is 15.4. The Kier molecular flexibility index (Phi) is 4.90. The molecule has 2 unspecified atom stereocenters. The van der Waals surface area contributed by atoms with E-state index in [0.717, 1.165) is 0 Å². The number of ether oxygens (including phenoxy) is 1. The van der Waals surface area contributed by atoms with E-state index in [2.05, 4.69) is 15.0 Å². The number of aliphatic hydroxyl groups is 1. The highest BCUT2D eigenvalue weighted by molar-refractivity contribution is 5.89. The van der Waals surface area contributed by atoms with Gasteiger partial charge in [0.1, 0.15) is 5.82 Å². The summed E-state index contributed by atoms with van der Waals surface area (Å²) in [5.74, 6) is 0.317. The van der Waals surface area contributed by atoms with Crippen molar-refractivity contribution in [1.29, 1.82) is 0 Å². The Balaban J connectivity index is 2.75. The van der Waals surface area contributed by atoms with Gasteiger partial charge in [0, 0.05) is 18.8 Å². The molecule has 2 atom stereocenters. The van der Waals surface area contributed by atoms with E-state index >= 15 is 0 Å². The maximum absolute atomic E-state index is 11.3. The van der Waals surface area contributed by atoms with Crippen LogP contribution in [0.1, 0.15) is 24.2 Å². The second kappa shape index (κ2) is 6.20. The molecule has 0 aliphatic heterocycles. The van der Waals surface area contributed by atoms with Gasteiger partial charge in [-0.3, -0.25) is 0 Å². The zero-order chi connectivity index (χ0) is 12.8. The van der Waals surface area contributed by atoms with Crippen molar-refractivity contribution in [2.45, 2.75) is 19.9 Å². The Bertz CT molecular complexity index is 382. The number of hydrogen-bond donors (Lipinski definition) is 2. The molecule has 0 saturated carbocycles. The first-order chi connectivity index (χ1) is 8.08. The molecule has 0 radical (unpaired) electrons. The normalized spacial score (nSPS) is 13.9. The third-order valence-electron chi connectivity index (χ3n) is 2.70. The van der Waals surface area contributed by atoms with Crippen molar-refractivity contribution in [2.75, 3.05) is 19.0 Å². The summed E-state index contributed by atoms with van der Waals surface area (Å²) < 4.78 is 4.63. The highest BCUT2D eigenvalue weighted by Crippen LogP contribution is 2.12. The number of anilines is 1. The molecule has 0 saturated heterocycles. The number of nitrogens with zero attached hydrogens (tertiary/aromatic N) is 1. The predicted molar refractivity (Wildman–Crippen MR) is 64.9 cm³/mol. The van der Waals surface area contributed by atoms with Crippen LogP contribution in [0.3, 0.4) is 0 Å². The fourth-order valence-corrected chi connectivity index (χ4v) is 1.29. The molecule has 0 bridgehead atoms. The maximum atomic E-state index is 11.3. The smallest absolute Gasteiger partial charge is 0.338 e. The standard InChI is InChI=1S/C12H18N2O3/c1-8(7-15)9(2)14-11-6-10(4-5-13-11)12(16)17-3/h4-6,8-9,15H,7H2,1-3H3,(H,13,14). The van der Waals surface area contributed by atoms with Crippen LogP contribution in [0.5, 0.6) is 0 Å². The van der Waals surface area contributed by atoms with Crippen LogP contribution in [0, 0.1) is 5.92 Å². The quantitative estimate of drug-likeness (QED) is 0.756. The SMILES string of the molecule is COC(=O)c1ccnc(NC(C)C(C)CO)c1. The van der Waals surface area contributed by atoms with Crippen LogP contribution in [0.2, 0.25) is 0 Å². The predicted octanol–water partition coefficient (Wildman–Crippen LogP) is 1.30. The lowest BCUT2D eigenvalue weighted by Gasteiger charge is -2.19. The van der Waals surface area contributed by atoms with Gasteiger partial charge in [-0.2, -0.15) is 0 Å². The average molecular weight is 238 g/mol. The molecule has 5 nitrogen and oxygen atoms in total. The number of aliphatic hydroxyl groups excluding tert-OH is 1. The fraction of sp³-hybridized carbons (Fsp3) is 0.500. The molecule has 1 aromatic rings. The maximum Gasteiger partial charge on any atom is 0.338 e. The molecule has 1 rings (SSSR count). The van der Waals surface area contributed by atoms with E-state index in [0.29, 0.717) is 11.4 Å². The Labute approximate surface area is 101 Å². The van der Waals surface area contributed by atoms with Gasteiger partial charge in [0.25, 0.3) is 0 Å². The van der Waals surface area contributed by atoms with Gasteiger partial charge in [-0.1, -0.05) is 6.92 Å². The summed E-state index contributed by atoms with van der Waals surface area (Å²) in [6.07, 6.45) is 1.55. The molecule has 0 aromatic carbocycles. The van der Waals surface area contributed by atoms with E-state index in [1.54, 1.807) is 18.3 Å². The van der Waals surface area contributed by atoms with E-state index < -0.39 is 5.97 Å². The number of carbonyl (C=O) groups is 1. The van der Waals surface area contributed by atoms with Gasteiger partial charge >= 0.3 is 5.97 Å². The monoisotopic (exact) mass is 238 g/mol. The number of nitrogens with one attached hydrogen (secondary N) is 1. The average Bonchev–Trinajstić information content (AvgIpc) is 2.37. The third-order valence-corrected chi connectivity index (χ3v) is 2.70. The summed E-state index contributed by atoms with van der Waals surface area (Å²) in [7, 11) is 1.34. The molecule has 5 heteroatoms. The van der Waals surface area contributed by atoms with Crippen LogP contribution in [-0.4, -0.2) is 35.8 Å². The Hall–Kier alpha value is -1.62. The number of carbonyl (C=O) groups excluding carboxylic acids is 1. The summed E-state index contributed by atoms with van der Waals surface area (Å²) in [5, 5.41) is 12.2. The van der Waals surface area contributed by atoms with Crippen molar-refractivity contribution in [3.05, 3.63) is 23.9 Å². The molecule has 17 heavy (non-hydrogen) atoms. The van der Waals surface area contributed by atoms with Gasteiger partial charge < -0.3 is 15.2 Å². The number of pyridine rings is 1. The summed E-state index contributed by atoms with van der Waals surface area (Å²) in [5.41, 5.74) is 0.453. The van der Waals surface area contributed by atoms with Crippen molar-refractivity contribution < 1.29 is 14.6 Å². The van der Waals surface area contributed by atoms with E-state index in [1.165, 1.54) is 7.11 Å². The summed E-state index contributed by atoms with van der Waals surface area (Å²) in [6.45, 7) is 3.99. The van der Waals surface area contributed by atoms with Crippen molar-refractivity contribution >= 4 is 11.8 Å². The van der Waals surface area contributed by atoms with Crippen LogP contribution in [0.25, 0.3) is 0 Å². The van der Waals surface area contributed by atoms with Crippen LogP contribution < -0.4 is 5.32 Å². The summed E-state index contributed by atoms with van der Waals surface area (Å²) >= 11 is 0. The van der Waals surface area contributed by atoms with Crippen molar-refractivity contribution in [1.82, 2.24) is 4.98 Å². The van der Waals surface area contributed by atoms with Gasteiger partial charge in [0.15, 0.2) is 0 Å². The molecule has 0 fully saturated rings.